The Balaban J connectivity index is 2.27. The van der Waals surface area contributed by atoms with Gasteiger partial charge in [0.15, 0.2) is 0 Å². The molecule has 0 radical (unpaired) electrons. The summed E-state index contributed by atoms with van der Waals surface area (Å²) in [7, 11) is 0. The van der Waals surface area contributed by atoms with E-state index >= 15 is 0 Å². The molecule has 0 spiro atoms. The molecule has 1 unspecified atom stereocenters. The second kappa shape index (κ2) is 4.94. The first kappa shape index (κ1) is 10.9. The molecule has 0 fully saturated rings. The van der Waals surface area contributed by atoms with Gasteiger partial charge in [0.2, 0.25) is 0 Å². The van der Waals surface area contributed by atoms with E-state index in [2.05, 4.69) is 12.0 Å². The molecule has 0 aliphatic carbocycles. The van der Waals surface area contributed by atoms with Gasteiger partial charge in [-0.15, -0.1) is 0 Å². The lowest BCUT2D eigenvalue weighted by Gasteiger charge is -2.13. The average Bonchev–Trinajstić information content (AvgIpc) is 2.78. The predicted octanol–water partition coefficient (Wildman–Crippen LogP) is 2.37. The SMILES string of the molecule is CCCn1nccc1C(O)c1ccccc1. The van der Waals surface area contributed by atoms with Gasteiger partial charge in [0, 0.05) is 12.7 Å². The number of hydrogen-bond acceptors (Lipinski definition) is 2. The van der Waals surface area contributed by atoms with Crippen molar-refractivity contribution in [1.82, 2.24) is 9.78 Å². The smallest absolute Gasteiger partial charge is 0.121 e. The monoisotopic (exact) mass is 216 g/mol. The number of benzene rings is 1. The summed E-state index contributed by atoms with van der Waals surface area (Å²) in [6.45, 7) is 2.94. The van der Waals surface area contributed by atoms with Crippen molar-refractivity contribution in [3.63, 3.8) is 0 Å². The van der Waals surface area contributed by atoms with Crippen LogP contribution in [-0.2, 0) is 6.54 Å². The van der Waals surface area contributed by atoms with Gasteiger partial charge in [-0.25, -0.2) is 0 Å². The fourth-order valence-electron chi connectivity index (χ4n) is 1.78. The number of nitrogens with zero attached hydrogens (tertiary/aromatic N) is 2. The van der Waals surface area contributed by atoms with E-state index in [1.54, 1.807) is 6.20 Å². The third kappa shape index (κ3) is 2.14. The summed E-state index contributed by atoms with van der Waals surface area (Å²) in [4.78, 5) is 0. The Morgan fingerprint density at radius 3 is 2.69 bits per heavy atom. The summed E-state index contributed by atoms with van der Waals surface area (Å²) in [5.74, 6) is 0. The lowest BCUT2D eigenvalue weighted by molar-refractivity contribution is 0.207. The van der Waals surface area contributed by atoms with Crippen molar-refractivity contribution in [3.8, 4) is 0 Å². The Bertz CT molecular complexity index is 436. The van der Waals surface area contributed by atoms with Gasteiger partial charge in [0.05, 0.1) is 5.69 Å². The summed E-state index contributed by atoms with van der Waals surface area (Å²) in [6.07, 6.45) is 2.16. The van der Waals surface area contributed by atoms with Crippen LogP contribution in [0.2, 0.25) is 0 Å². The van der Waals surface area contributed by atoms with E-state index in [9.17, 15) is 5.11 Å². The minimum atomic E-state index is -0.588. The second-order valence-corrected chi connectivity index (χ2v) is 3.79. The number of aliphatic hydroxyl groups excluding tert-OH is 1. The van der Waals surface area contributed by atoms with Crippen LogP contribution in [0, 0.1) is 0 Å². The highest BCUT2D eigenvalue weighted by molar-refractivity contribution is 5.25. The molecule has 0 bridgehead atoms. The van der Waals surface area contributed by atoms with Crippen molar-refractivity contribution < 1.29 is 5.11 Å². The first-order chi connectivity index (χ1) is 7.83. The molecular weight excluding hydrogens is 200 g/mol. The standard InChI is InChI=1S/C13H16N2O/c1-2-10-15-12(8-9-14-15)13(16)11-6-4-3-5-7-11/h3-9,13,16H,2,10H2,1H3. The van der Waals surface area contributed by atoms with Crippen LogP contribution < -0.4 is 0 Å². The van der Waals surface area contributed by atoms with Crippen molar-refractivity contribution in [1.29, 1.82) is 0 Å². The molecule has 1 heterocycles. The summed E-state index contributed by atoms with van der Waals surface area (Å²) in [5, 5.41) is 14.4. The minimum absolute atomic E-state index is 0.588. The molecule has 0 saturated carbocycles. The highest BCUT2D eigenvalue weighted by atomic mass is 16.3. The molecule has 16 heavy (non-hydrogen) atoms. The highest BCUT2D eigenvalue weighted by Crippen LogP contribution is 2.21. The predicted molar refractivity (Wildman–Crippen MR) is 63.0 cm³/mol. The molecule has 84 valence electrons. The number of hydrogen-bond donors (Lipinski definition) is 1. The molecule has 0 saturated heterocycles. The molecule has 1 N–H and O–H groups in total. The average molecular weight is 216 g/mol. The molecule has 1 atom stereocenters. The van der Waals surface area contributed by atoms with Crippen LogP contribution in [0.15, 0.2) is 42.6 Å². The van der Waals surface area contributed by atoms with Crippen LogP contribution in [0.4, 0.5) is 0 Å². The molecule has 0 aliphatic rings. The lowest BCUT2D eigenvalue weighted by Crippen LogP contribution is -2.09. The van der Waals surface area contributed by atoms with Gasteiger partial charge >= 0.3 is 0 Å². The maximum absolute atomic E-state index is 10.2. The Kier molecular flexibility index (Phi) is 3.37. The van der Waals surface area contributed by atoms with Crippen molar-refractivity contribution >= 4 is 0 Å². The molecule has 1 aromatic heterocycles. The fraction of sp³-hybridized carbons (Fsp3) is 0.308. The van der Waals surface area contributed by atoms with Crippen LogP contribution in [0.1, 0.15) is 30.7 Å². The van der Waals surface area contributed by atoms with E-state index in [4.69, 9.17) is 0 Å². The molecule has 1 aromatic carbocycles. The summed E-state index contributed by atoms with van der Waals surface area (Å²) < 4.78 is 1.86. The van der Waals surface area contributed by atoms with Crippen LogP contribution >= 0.6 is 0 Å². The molecule has 2 rings (SSSR count). The lowest BCUT2D eigenvalue weighted by atomic mass is 10.1. The van der Waals surface area contributed by atoms with Gasteiger partial charge in [-0.2, -0.15) is 5.10 Å². The van der Waals surface area contributed by atoms with Crippen LogP contribution in [0.3, 0.4) is 0 Å². The Hall–Kier alpha value is -1.61. The van der Waals surface area contributed by atoms with Crippen molar-refractivity contribution in [2.24, 2.45) is 0 Å². The number of aryl methyl sites for hydroxylation is 1. The van der Waals surface area contributed by atoms with Crippen LogP contribution in [-0.4, -0.2) is 14.9 Å². The van der Waals surface area contributed by atoms with Gasteiger partial charge in [0.25, 0.3) is 0 Å². The van der Waals surface area contributed by atoms with E-state index in [0.29, 0.717) is 0 Å². The van der Waals surface area contributed by atoms with E-state index in [-0.39, 0.29) is 0 Å². The quantitative estimate of drug-likeness (QED) is 0.852. The molecule has 0 amide bonds. The first-order valence-electron chi connectivity index (χ1n) is 5.57. The zero-order valence-electron chi connectivity index (χ0n) is 9.37. The maximum Gasteiger partial charge on any atom is 0.121 e. The van der Waals surface area contributed by atoms with Gasteiger partial charge in [-0.05, 0) is 18.1 Å². The zero-order chi connectivity index (χ0) is 11.4. The third-order valence-electron chi connectivity index (χ3n) is 2.58. The minimum Gasteiger partial charge on any atom is -0.382 e. The van der Waals surface area contributed by atoms with Crippen molar-refractivity contribution in [2.75, 3.05) is 0 Å². The van der Waals surface area contributed by atoms with E-state index in [1.165, 1.54) is 0 Å². The Morgan fingerprint density at radius 1 is 1.25 bits per heavy atom. The summed E-state index contributed by atoms with van der Waals surface area (Å²) >= 11 is 0. The zero-order valence-corrected chi connectivity index (χ0v) is 9.37. The molecule has 2 aromatic rings. The third-order valence-corrected chi connectivity index (χ3v) is 2.58. The summed E-state index contributed by atoms with van der Waals surface area (Å²) in [6, 6.07) is 11.5. The van der Waals surface area contributed by atoms with Gasteiger partial charge < -0.3 is 5.11 Å². The van der Waals surface area contributed by atoms with E-state index < -0.39 is 6.10 Å². The Morgan fingerprint density at radius 2 is 2.00 bits per heavy atom. The second-order valence-electron chi connectivity index (χ2n) is 3.79. The molecule has 3 heteroatoms. The van der Waals surface area contributed by atoms with Crippen LogP contribution in [0.5, 0.6) is 0 Å². The van der Waals surface area contributed by atoms with E-state index in [1.807, 2.05) is 41.1 Å². The van der Waals surface area contributed by atoms with Crippen LogP contribution in [0.25, 0.3) is 0 Å². The normalized spacial score (nSPS) is 12.6. The summed E-state index contributed by atoms with van der Waals surface area (Å²) in [5.41, 5.74) is 1.76. The number of rotatable bonds is 4. The molecule has 0 aliphatic heterocycles. The van der Waals surface area contributed by atoms with E-state index in [0.717, 1.165) is 24.2 Å². The number of aliphatic hydroxyl groups is 1. The maximum atomic E-state index is 10.2. The van der Waals surface area contributed by atoms with Gasteiger partial charge in [-0.3, -0.25) is 4.68 Å². The van der Waals surface area contributed by atoms with Crippen molar-refractivity contribution in [3.05, 3.63) is 53.9 Å². The van der Waals surface area contributed by atoms with Gasteiger partial charge in [-0.1, -0.05) is 37.3 Å². The topological polar surface area (TPSA) is 38.0 Å². The highest BCUT2D eigenvalue weighted by Gasteiger charge is 2.14. The first-order valence-corrected chi connectivity index (χ1v) is 5.57. The molecular formula is C13H16N2O. The molecule has 3 nitrogen and oxygen atoms in total. The van der Waals surface area contributed by atoms with Gasteiger partial charge in [0.1, 0.15) is 6.10 Å². The fourth-order valence-corrected chi connectivity index (χ4v) is 1.78. The largest absolute Gasteiger partial charge is 0.382 e. The Labute approximate surface area is 95.3 Å². The van der Waals surface area contributed by atoms with Crippen molar-refractivity contribution in [2.45, 2.75) is 26.0 Å². The number of aromatic nitrogens is 2.